The molecule has 0 aliphatic rings. The summed E-state index contributed by atoms with van der Waals surface area (Å²) in [6, 6.07) is 21.8. The van der Waals surface area contributed by atoms with E-state index < -0.39 is 6.10 Å². The Balaban J connectivity index is 1.51. The quantitative estimate of drug-likeness (QED) is 0.600. The van der Waals surface area contributed by atoms with Crippen molar-refractivity contribution in [1.82, 2.24) is 5.32 Å². The average molecular weight is 363 g/mol. The fourth-order valence-corrected chi connectivity index (χ4v) is 2.95. The lowest BCUT2D eigenvalue weighted by molar-refractivity contribution is -0.128. The Kier molecular flexibility index (Phi) is 6.31. The summed E-state index contributed by atoms with van der Waals surface area (Å²) in [6.45, 7) is 4.77. The van der Waals surface area contributed by atoms with Crippen LogP contribution in [0.5, 0.6) is 11.5 Å². The van der Waals surface area contributed by atoms with Gasteiger partial charge in [0, 0.05) is 5.39 Å². The first-order valence-electron chi connectivity index (χ1n) is 9.29. The van der Waals surface area contributed by atoms with E-state index in [-0.39, 0.29) is 5.91 Å². The fraction of sp³-hybridized carbons (Fsp3) is 0.261. The molecule has 0 saturated carbocycles. The van der Waals surface area contributed by atoms with Crippen LogP contribution in [0.4, 0.5) is 0 Å². The van der Waals surface area contributed by atoms with Gasteiger partial charge in [0.2, 0.25) is 0 Å². The average Bonchev–Trinajstić information content (AvgIpc) is 2.69. The number of ether oxygens (including phenoxy) is 2. The normalized spacial score (nSPS) is 11.8. The summed E-state index contributed by atoms with van der Waals surface area (Å²) in [6.07, 6.45) is 0.0913. The van der Waals surface area contributed by atoms with Crippen molar-refractivity contribution in [2.24, 2.45) is 0 Å². The van der Waals surface area contributed by atoms with Crippen LogP contribution in [0.2, 0.25) is 0 Å². The third-order valence-electron chi connectivity index (χ3n) is 4.34. The number of rotatable bonds is 8. The first kappa shape index (κ1) is 18.8. The number of nitrogens with one attached hydrogen (secondary N) is 1. The summed E-state index contributed by atoms with van der Waals surface area (Å²) < 4.78 is 11.7. The summed E-state index contributed by atoms with van der Waals surface area (Å²) in [5.41, 5.74) is 1.10. The molecule has 0 fully saturated rings. The van der Waals surface area contributed by atoms with Gasteiger partial charge in [0.25, 0.3) is 5.91 Å². The molecule has 0 aliphatic heterocycles. The van der Waals surface area contributed by atoms with Crippen LogP contribution in [0, 0.1) is 6.92 Å². The number of amides is 1. The Labute approximate surface area is 160 Å². The summed E-state index contributed by atoms with van der Waals surface area (Å²) in [7, 11) is 0. The summed E-state index contributed by atoms with van der Waals surface area (Å²) >= 11 is 0. The second-order valence-electron chi connectivity index (χ2n) is 6.45. The van der Waals surface area contributed by atoms with Gasteiger partial charge in [0.05, 0.1) is 6.54 Å². The lowest BCUT2D eigenvalue weighted by Crippen LogP contribution is -2.39. The standard InChI is InChI=1S/C23H25NO3/c1-3-21(27-19-11-6-8-17(2)16-19)23(25)24-14-15-26-22-13-7-10-18-9-4-5-12-20(18)22/h4-13,16,21H,3,14-15H2,1-2H3,(H,24,25)/t21-/m0/s1. The van der Waals surface area contributed by atoms with E-state index in [2.05, 4.69) is 17.4 Å². The van der Waals surface area contributed by atoms with E-state index in [0.717, 1.165) is 22.1 Å². The molecule has 0 aromatic heterocycles. The third-order valence-corrected chi connectivity index (χ3v) is 4.34. The second kappa shape index (κ2) is 9.08. The van der Waals surface area contributed by atoms with E-state index in [0.29, 0.717) is 25.3 Å². The predicted molar refractivity (Wildman–Crippen MR) is 108 cm³/mol. The summed E-state index contributed by atoms with van der Waals surface area (Å²) in [4.78, 5) is 12.4. The first-order chi connectivity index (χ1) is 13.2. The zero-order valence-corrected chi connectivity index (χ0v) is 15.8. The van der Waals surface area contributed by atoms with E-state index >= 15 is 0 Å². The maximum Gasteiger partial charge on any atom is 0.261 e. The predicted octanol–water partition coefficient (Wildman–Crippen LogP) is 4.50. The molecule has 3 aromatic rings. The molecule has 0 aliphatic carbocycles. The summed E-state index contributed by atoms with van der Waals surface area (Å²) in [5, 5.41) is 5.10. The maximum atomic E-state index is 12.4. The second-order valence-corrected chi connectivity index (χ2v) is 6.45. The van der Waals surface area contributed by atoms with Crippen LogP contribution in [0.1, 0.15) is 18.9 Å². The molecule has 1 N–H and O–H groups in total. The highest BCUT2D eigenvalue weighted by Gasteiger charge is 2.18. The van der Waals surface area contributed by atoms with Crippen LogP contribution in [0.25, 0.3) is 10.8 Å². The molecule has 27 heavy (non-hydrogen) atoms. The number of carbonyl (C=O) groups is 1. The lowest BCUT2D eigenvalue weighted by Gasteiger charge is -2.18. The molecule has 1 amide bonds. The summed E-state index contributed by atoms with van der Waals surface area (Å²) in [5.74, 6) is 1.41. The van der Waals surface area contributed by atoms with Gasteiger partial charge in [0.15, 0.2) is 6.10 Å². The molecule has 3 aromatic carbocycles. The highest BCUT2D eigenvalue weighted by atomic mass is 16.5. The van der Waals surface area contributed by atoms with Crippen molar-refractivity contribution in [3.05, 3.63) is 72.3 Å². The minimum absolute atomic E-state index is 0.125. The van der Waals surface area contributed by atoms with Gasteiger partial charge in [0.1, 0.15) is 18.1 Å². The number of hydrogen-bond donors (Lipinski definition) is 1. The van der Waals surface area contributed by atoms with Gasteiger partial charge in [-0.05, 0) is 42.5 Å². The van der Waals surface area contributed by atoms with Gasteiger partial charge in [-0.3, -0.25) is 4.79 Å². The van der Waals surface area contributed by atoms with Crippen LogP contribution < -0.4 is 14.8 Å². The highest BCUT2D eigenvalue weighted by molar-refractivity contribution is 5.88. The van der Waals surface area contributed by atoms with Crippen molar-refractivity contribution >= 4 is 16.7 Å². The van der Waals surface area contributed by atoms with Crippen LogP contribution in [0.15, 0.2) is 66.7 Å². The van der Waals surface area contributed by atoms with Gasteiger partial charge < -0.3 is 14.8 Å². The molecule has 3 rings (SSSR count). The molecule has 0 saturated heterocycles. The molecular weight excluding hydrogens is 338 g/mol. The smallest absolute Gasteiger partial charge is 0.261 e. The highest BCUT2D eigenvalue weighted by Crippen LogP contribution is 2.24. The number of benzene rings is 3. The van der Waals surface area contributed by atoms with Crippen LogP contribution in [-0.2, 0) is 4.79 Å². The van der Waals surface area contributed by atoms with Crippen LogP contribution >= 0.6 is 0 Å². The van der Waals surface area contributed by atoms with E-state index in [1.807, 2.05) is 68.4 Å². The van der Waals surface area contributed by atoms with Crippen molar-refractivity contribution < 1.29 is 14.3 Å². The van der Waals surface area contributed by atoms with E-state index in [9.17, 15) is 4.79 Å². The zero-order valence-electron chi connectivity index (χ0n) is 15.8. The Bertz CT molecular complexity index is 902. The van der Waals surface area contributed by atoms with Gasteiger partial charge >= 0.3 is 0 Å². The SMILES string of the molecule is CC[C@H](Oc1cccc(C)c1)C(=O)NCCOc1cccc2ccccc12. The number of aryl methyl sites for hydroxylation is 1. The molecule has 1 atom stereocenters. The minimum Gasteiger partial charge on any atom is -0.491 e. The molecule has 0 spiro atoms. The zero-order chi connectivity index (χ0) is 19.1. The van der Waals surface area contributed by atoms with Crippen LogP contribution in [0.3, 0.4) is 0 Å². The minimum atomic E-state index is -0.510. The Morgan fingerprint density at radius 3 is 2.63 bits per heavy atom. The number of fused-ring (bicyclic) bond motifs is 1. The van der Waals surface area contributed by atoms with Crippen molar-refractivity contribution in [1.29, 1.82) is 0 Å². The molecule has 0 heterocycles. The van der Waals surface area contributed by atoms with Gasteiger partial charge in [-0.1, -0.05) is 55.5 Å². The van der Waals surface area contributed by atoms with Crippen molar-refractivity contribution in [3.8, 4) is 11.5 Å². The van der Waals surface area contributed by atoms with Crippen LogP contribution in [-0.4, -0.2) is 25.2 Å². The molecule has 0 bridgehead atoms. The van der Waals surface area contributed by atoms with Crippen molar-refractivity contribution in [2.45, 2.75) is 26.4 Å². The molecule has 4 nitrogen and oxygen atoms in total. The van der Waals surface area contributed by atoms with E-state index in [1.165, 1.54) is 0 Å². The number of carbonyl (C=O) groups excluding carboxylic acids is 1. The molecular formula is C23H25NO3. The van der Waals surface area contributed by atoms with E-state index in [1.54, 1.807) is 0 Å². The largest absolute Gasteiger partial charge is 0.491 e. The lowest BCUT2D eigenvalue weighted by atomic mass is 10.1. The van der Waals surface area contributed by atoms with Crippen molar-refractivity contribution in [2.75, 3.05) is 13.2 Å². The molecule has 0 radical (unpaired) electrons. The Hall–Kier alpha value is -3.01. The topological polar surface area (TPSA) is 47.6 Å². The maximum absolute atomic E-state index is 12.4. The number of hydrogen-bond acceptors (Lipinski definition) is 3. The Morgan fingerprint density at radius 2 is 1.81 bits per heavy atom. The van der Waals surface area contributed by atoms with Gasteiger partial charge in [-0.25, -0.2) is 0 Å². The first-order valence-corrected chi connectivity index (χ1v) is 9.29. The molecule has 4 heteroatoms. The third kappa shape index (κ3) is 5.00. The van der Waals surface area contributed by atoms with E-state index in [4.69, 9.17) is 9.47 Å². The Morgan fingerprint density at radius 1 is 1.04 bits per heavy atom. The molecule has 140 valence electrons. The molecule has 0 unspecified atom stereocenters. The van der Waals surface area contributed by atoms with Gasteiger partial charge in [-0.2, -0.15) is 0 Å². The van der Waals surface area contributed by atoms with Gasteiger partial charge in [-0.15, -0.1) is 0 Å². The monoisotopic (exact) mass is 363 g/mol. The van der Waals surface area contributed by atoms with Crippen molar-refractivity contribution in [3.63, 3.8) is 0 Å². The fourth-order valence-electron chi connectivity index (χ4n) is 2.95.